The van der Waals surface area contributed by atoms with Gasteiger partial charge in [-0.05, 0) is 0 Å². The molecule has 114 valence electrons. The first-order valence-electron chi connectivity index (χ1n) is 7.14. The van der Waals surface area contributed by atoms with Crippen molar-refractivity contribution in [2.24, 2.45) is 4.99 Å². The molecular formula is C19H15NO3. The van der Waals surface area contributed by atoms with E-state index in [1.807, 2.05) is 60.7 Å². The van der Waals surface area contributed by atoms with Crippen LogP contribution in [-0.2, 0) is 4.74 Å². The Hall–Kier alpha value is -3.14. The molecule has 23 heavy (non-hydrogen) atoms. The minimum absolute atomic E-state index is 0.131. The Morgan fingerprint density at radius 2 is 1.52 bits per heavy atom. The summed E-state index contributed by atoms with van der Waals surface area (Å²) in [5.41, 5.74) is 3.34. The van der Waals surface area contributed by atoms with E-state index in [4.69, 9.17) is 4.42 Å². The number of ether oxygens (including phenoxy) is 1. The van der Waals surface area contributed by atoms with Gasteiger partial charge < -0.3 is 9.15 Å². The minimum Gasteiger partial charge on any atom is -0.463 e. The molecular weight excluding hydrogens is 290 g/mol. The first kappa shape index (κ1) is 14.8. The summed E-state index contributed by atoms with van der Waals surface area (Å²) in [7, 11) is 1.31. The average molecular weight is 305 g/mol. The quantitative estimate of drug-likeness (QED) is 0.535. The Labute approximate surface area is 134 Å². The molecule has 1 aromatic heterocycles. The van der Waals surface area contributed by atoms with Crippen LogP contribution in [-0.4, -0.2) is 18.8 Å². The molecule has 3 aromatic rings. The molecule has 0 N–H and O–H groups in total. The van der Waals surface area contributed by atoms with E-state index in [-0.39, 0.29) is 5.76 Å². The lowest BCUT2D eigenvalue weighted by molar-refractivity contribution is 0.0565. The third kappa shape index (κ3) is 3.37. The molecule has 3 rings (SSSR count). The Kier molecular flexibility index (Phi) is 4.34. The number of furan rings is 1. The van der Waals surface area contributed by atoms with Gasteiger partial charge >= 0.3 is 5.97 Å². The van der Waals surface area contributed by atoms with Crippen LogP contribution in [0.1, 0.15) is 21.7 Å². The lowest BCUT2D eigenvalue weighted by Gasteiger charge is -2.06. The molecule has 2 aromatic carbocycles. The number of hydrogen-bond donors (Lipinski definition) is 0. The highest BCUT2D eigenvalue weighted by atomic mass is 16.5. The number of aliphatic imine (C=N–C) groups is 1. The second-order valence-corrected chi connectivity index (χ2v) is 4.85. The van der Waals surface area contributed by atoms with E-state index in [0.29, 0.717) is 5.69 Å². The monoisotopic (exact) mass is 305 g/mol. The van der Waals surface area contributed by atoms with Gasteiger partial charge in [0.1, 0.15) is 12.0 Å². The maximum Gasteiger partial charge on any atom is 0.374 e. The molecule has 4 nitrogen and oxygen atoms in total. The van der Waals surface area contributed by atoms with Crippen LogP contribution in [0.5, 0.6) is 0 Å². The molecule has 0 aliphatic heterocycles. The van der Waals surface area contributed by atoms with Crippen LogP contribution >= 0.6 is 0 Å². The van der Waals surface area contributed by atoms with Gasteiger partial charge in [0.05, 0.1) is 12.8 Å². The third-order valence-corrected chi connectivity index (χ3v) is 3.31. The lowest BCUT2D eigenvalue weighted by atomic mass is 10.0. The summed E-state index contributed by atoms with van der Waals surface area (Å²) in [6.45, 7) is 0. The predicted octanol–water partition coefficient (Wildman–Crippen LogP) is 4.24. The van der Waals surface area contributed by atoms with E-state index in [9.17, 15) is 4.79 Å². The highest BCUT2D eigenvalue weighted by Gasteiger charge is 2.12. The molecule has 0 aliphatic rings. The number of methoxy groups -OCH3 is 1. The normalized spacial score (nSPS) is 10.1. The first-order chi connectivity index (χ1) is 11.3. The Balaban J connectivity index is 2.05. The fourth-order valence-electron chi connectivity index (χ4n) is 2.21. The molecule has 0 unspecified atom stereocenters. The van der Waals surface area contributed by atoms with E-state index in [2.05, 4.69) is 9.73 Å². The molecule has 0 radical (unpaired) electrons. The number of hydrogen-bond acceptors (Lipinski definition) is 4. The van der Waals surface area contributed by atoms with Crippen molar-refractivity contribution in [3.05, 3.63) is 89.9 Å². The number of esters is 1. The SMILES string of the molecule is COC(=O)c1cc(N=C(c2ccccc2)c2ccccc2)co1. The average Bonchev–Trinajstić information content (AvgIpc) is 3.09. The summed E-state index contributed by atoms with van der Waals surface area (Å²) < 4.78 is 9.85. The van der Waals surface area contributed by atoms with Gasteiger partial charge in [0, 0.05) is 17.2 Å². The van der Waals surface area contributed by atoms with Crippen molar-refractivity contribution >= 4 is 17.4 Å². The number of nitrogens with zero attached hydrogens (tertiary/aromatic N) is 1. The number of carbonyl (C=O) groups excluding carboxylic acids is 1. The maximum absolute atomic E-state index is 11.5. The van der Waals surface area contributed by atoms with Crippen LogP contribution < -0.4 is 0 Å². The van der Waals surface area contributed by atoms with Crippen molar-refractivity contribution < 1.29 is 13.9 Å². The smallest absolute Gasteiger partial charge is 0.374 e. The van der Waals surface area contributed by atoms with Gasteiger partial charge in [-0.1, -0.05) is 60.7 Å². The van der Waals surface area contributed by atoms with Crippen molar-refractivity contribution in [3.8, 4) is 0 Å². The minimum atomic E-state index is -0.521. The molecule has 0 spiro atoms. The number of carbonyl (C=O) groups is 1. The third-order valence-electron chi connectivity index (χ3n) is 3.31. The van der Waals surface area contributed by atoms with Crippen molar-refractivity contribution in [2.75, 3.05) is 7.11 Å². The largest absolute Gasteiger partial charge is 0.463 e. The molecule has 1 heterocycles. The van der Waals surface area contributed by atoms with Crippen LogP contribution in [0.3, 0.4) is 0 Å². The van der Waals surface area contributed by atoms with Gasteiger partial charge in [-0.3, -0.25) is 0 Å². The fourth-order valence-corrected chi connectivity index (χ4v) is 2.21. The Morgan fingerprint density at radius 3 is 2.04 bits per heavy atom. The summed E-state index contributed by atoms with van der Waals surface area (Å²) in [4.78, 5) is 16.1. The van der Waals surface area contributed by atoms with Gasteiger partial charge in [-0.25, -0.2) is 9.79 Å². The molecule has 0 saturated heterocycles. The first-order valence-corrected chi connectivity index (χ1v) is 7.14. The van der Waals surface area contributed by atoms with Crippen molar-refractivity contribution in [1.82, 2.24) is 0 Å². The molecule has 0 amide bonds. The topological polar surface area (TPSA) is 51.8 Å². The Morgan fingerprint density at radius 1 is 0.957 bits per heavy atom. The van der Waals surface area contributed by atoms with E-state index in [0.717, 1.165) is 16.8 Å². The molecule has 0 atom stereocenters. The highest BCUT2D eigenvalue weighted by Crippen LogP contribution is 2.21. The van der Waals surface area contributed by atoms with Crippen LogP contribution in [0.2, 0.25) is 0 Å². The predicted molar refractivity (Wildman–Crippen MR) is 88.2 cm³/mol. The standard InChI is InChI=1S/C19H15NO3/c1-22-19(21)17-12-16(13-23-17)20-18(14-8-4-2-5-9-14)15-10-6-3-7-11-15/h2-13H,1H3. The van der Waals surface area contributed by atoms with Crippen LogP contribution in [0, 0.1) is 0 Å². The van der Waals surface area contributed by atoms with Gasteiger partial charge in [-0.2, -0.15) is 0 Å². The lowest BCUT2D eigenvalue weighted by Crippen LogP contribution is -2.02. The second kappa shape index (κ2) is 6.75. The second-order valence-electron chi connectivity index (χ2n) is 4.85. The van der Waals surface area contributed by atoms with Gasteiger partial charge in [0.2, 0.25) is 5.76 Å². The molecule has 0 saturated carbocycles. The number of rotatable bonds is 4. The van der Waals surface area contributed by atoms with Crippen molar-refractivity contribution in [3.63, 3.8) is 0 Å². The van der Waals surface area contributed by atoms with Crippen LogP contribution in [0.4, 0.5) is 5.69 Å². The molecule has 0 bridgehead atoms. The van der Waals surface area contributed by atoms with E-state index in [1.54, 1.807) is 6.07 Å². The zero-order valence-electron chi connectivity index (χ0n) is 12.6. The summed E-state index contributed by atoms with van der Waals surface area (Å²) >= 11 is 0. The van der Waals surface area contributed by atoms with Gasteiger partial charge in [0.15, 0.2) is 0 Å². The molecule has 0 aliphatic carbocycles. The van der Waals surface area contributed by atoms with Crippen molar-refractivity contribution in [1.29, 1.82) is 0 Å². The van der Waals surface area contributed by atoms with E-state index < -0.39 is 5.97 Å². The summed E-state index contributed by atoms with van der Waals surface area (Å²) in [5, 5.41) is 0. The maximum atomic E-state index is 11.5. The Bertz CT molecular complexity index is 779. The fraction of sp³-hybridized carbons (Fsp3) is 0.0526. The molecule has 0 fully saturated rings. The van der Waals surface area contributed by atoms with Crippen molar-refractivity contribution in [2.45, 2.75) is 0 Å². The van der Waals surface area contributed by atoms with Crippen LogP contribution in [0.15, 0.2) is 82.4 Å². The molecule has 4 heteroatoms. The van der Waals surface area contributed by atoms with E-state index >= 15 is 0 Å². The summed E-state index contributed by atoms with van der Waals surface area (Å²) in [6.07, 6.45) is 1.44. The zero-order chi connectivity index (χ0) is 16.1. The van der Waals surface area contributed by atoms with Crippen LogP contribution in [0.25, 0.3) is 0 Å². The summed E-state index contributed by atoms with van der Waals surface area (Å²) in [6, 6.07) is 21.3. The highest BCUT2D eigenvalue weighted by molar-refractivity contribution is 6.14. The zero-order valence-corrected chi connectivity index (χ0v) is 12.6. The summed E-state index contributed by atoms with van der Waals surface area (Å²) in [5.74, 6) is -0.390. The van der Waals surface area contributed by atoms with Gasteiger partial charge in [0.25, 0.3) is 0 Å². The van der Waals surface area contributed by atoms with Gasteiger partial charge in [-0.15, -0.1) is 0 Å². The van der Waals surface area contributed by atoms with E-state index in [1.165, 1.54) is 13.4 Å². The number of benzene rings is 2.